The second-order valence-electron chi connectivity index (χ2n) is 3.57. The van der Waals surface area contributed by atoms with E-state index in [9.17, 15) is 0 Å². The molecule has 1 nitrogen and oxygen atoms in total. The summed E-state index contributed by atoms with van der Waals surface area (Å²) in [5.74, 6) is 0.983. The minimum atomic E-state index is 0.816. The second-order valence-corrected chi connectivity index (χ2v) is 4.37. The minimum Gasteiger partial charge on any atom is -0.494 e. The van der Waals surface area contributed by atoms with Crippen molar-refractivity contribution in [1.82, 2.24) is 0 Å². The quantitative estimate of drug-likeness (QED) is 0.733. The van der Waals surface area contributed by atoms with E-state index in [4.69, 9.17) is 4.74 Å². The maximum Gasteiger partial charge on any atom is 0.119 e. The average molecular weight is 257 g/mol. The number of halogens is 1. The van der Waals surface area contributed by atoms with E-state index >= 15 is 0 Å². The molecule has 1 rings (SSSR count). The van der Waals surface area contributed by atoms with Gasteiger partial charge in [0.25, 0.3) is 0 Å². The third-order valence-electron chi connectivity index (χ3n) is 2.18. The molecule has 0 N–H and O–H groups in total. The van der Waals surface area contributed by atoms with E-state index in [1.807, 2.05) is 0 Å². The molecular weight excluding hydrogens is 240 g/mol. The largest absolute Gasteiger partial charge is 0.494 e. The Hall–Kier alpha value is -0.500. The monoisotopic (exact) mass is 256 g/mol. The lowest BCUT2D eigenvalue weighted by molar-refractivity contribution is 0.309. The molecule has 1 aromatic rings. The molecule has 0 atom stereocenters. The van der Waals surface area contributed by atoms with Gasteiger partial charge in [0.15, 0.2) is 0 Å². The Morgan fingerprint density at radius 2 is 1.79 bits per heavy atom. The molecule has 0 fully saturated rings. The molecule has 0 spiro atoms. The zero-order valence-electron chi connectivity index (χ0n) is 9.06. The number of aryl methyl sites for hydroxylation is 2. The van der Waals surface area contributed by atoms with E-state index < -0.39 is 0 Å². The van der Waals surface area contributed by atoms with Crippen LogP contribution in [0.5, 0.6) is 5.75 Å². The molecule has 1 aromatic carbocycles. The van der Waals surface area contributed by atoms with Crippen LogP contribution in [-0.2, 0) is 0 Å². The third kappa shape index (κ3) is 3.02. The minimum absolute atomic E-state index is 0.816. The molecule has 0 aliphatic carbocycles. The fraction of sp³-hybridized carbons (Fsp3) is 0.500. The Balaban J connectivity index is 2.69. The first-order valence-electron chi connectivity index (χ1n) is 5.04. The van der Waals surface area contributed by atoms with Crippen molar-refractivity contribution >= 4 is 15.9 Å². The summed E-state index contributed by atoms with van der Waals surface area (Å²) in [4.78, 5) is 0. The Morgan fingerprint density at radius 1 is 1.21 bits per heavy atom. The number of ether oxygens (including phenoxy) is 1. The van der Waals surface area contributed by atoms with Crippen LogP contribution in [0, 0.1) is 13.8 Å². The molecule has 2 heteroatoms. The van der Waals surface area contributed by atoms with Crippen molar-refractivity contribution < 1.29 is 4.74 Å². The van der Waals surface area contributed by atoms with E-state index in [-0.39, 0.29) is 0 Å². The number of benzene rings is 1. The summed E-state index contributed by atoms with van der Waals surface area (Å²) in [6.07, 6.45) is 2.29. The maximum atomic E-state index is 5.64. The Bertz CT molecular complexity index is 284. The van der Waals surface area contributed by atoms with E-state index in [1.165, 1.54) is 22.0 Å². The van der Waals surface area contributed by atoms with E-state index in [0.717, 1.165) is 18.8 Å². The second kappa shape index (κ2) is 5.40. The number of hydrogen-bond acceptors (Lipinski definition) is 1. The van der Waals surface area contributed by atoms with Gasteiger partial charge < -0.3 is 4.74 Å². The van der Waals surface area contributed by atoms with Crippen molar-refractivity contribution in [1.29, 1.82) is 0 Å². The van der Waals surface area contributed by atoms with Gasteiger partial charge in [-0.05, 0) is 43.5 Å². The van der Waals surface area contributed by atoms with Gasteiger partial charge >= 0.3 is 0 Å². The van der Waals surface area contributed by atoms with Gasteiger partial charge in [-0.25, -0.2) is 0 Å². The summed E-state index contributed by atoms with van der Waals surface area (Å²) in [6, 6.07) is 4.15. The first-order chi connectivity index (χ1) is 6.65. The van der Waals surface area contributed by atoms with Gasteiger partial charge in [0.1, 0.15) is 5.75 Å². The summed E-state index contributed by atoms with van der Waals surface area (Å²) < 4.78 is 6.82. The zero-order valence-corrected chi connectivity index (χ0v) is 10.6. The van der Waals surface area contributed by atoms with Crippen molar-refractivity contribution in [3.8, 4) is 5.75 Å². The smallest absolute Gasteiger partial charge is 0.119 e. The average Bonchev–Trinajstić information content (AvgIpc) is 2.14. The van der Waals surface area contributed by atoms with Crippen LogP contribution in [-0.4, -0.2) is 6.61 Å². The van der Waals surface area contributed by atoms with Crippen molar-refractivity contribution in [3.05, 3.63) is 27.7 Å². The van der Waals surface area contributed by atoms with Crippen LogP contribution in [0.3, 0.4) is 0 Å². The van der Waals surface area contributed by atoms with Gasteiger partial charge in [0, 0.05) is 4.47 Å². The highest BCUT2D eigenvalue weighted by atomic mass is 79.9. The highest BCUT2D eigenvalue weighted by Gasteiger charge is 2.02. The maximum absolute atomic E-state index is 5.64. The molecule has 0 bridgehead atoms. The standard InChI is InChI=1S/C12H17BrO/c1-4-5-6-14-11-7-9(2)12(13)10(3)8-11/h7-8H,4-6H2,1-3H3. The SMILES string of the molecule is CCCCOc1cc(C)c(Br)c(C)c1. The van der Waals surface area contributed by atoms with Crippen LogP contribution in [0.1, 0.15) is 30.9 Å². The first kappa shape index (κ1) is 11.6. The van der Waals surface area contributed by atoms with Gasteiger partial charge in [-0.2, -0.15) is 0 Å². The topological polar surface area (TPSA) is 9.23 Å². The Kier molecular flexibility index (Phi) is 4.46. The Morgan fingerprint density at radius 3 is 2.29 bits per heavy atom. The van der Waals surface area contributed by atoms with Crippen LogP contribution in [0.25, 0.3) is 0 Å². The van der Waals surface area contributed by atoms with E-state index in [2.05, 4.69) is 48.8 Å². The fourth-order valence-electron chi connectivity index (χ4n) is 1.32. The van der Waals surface area contributed by atoms with Crippen molar-refractivity contribution in [2.75, 3.05) is 6.61 Å². The van der Waals surface area contributed by atoms with Crippen LogP contribution in [0.2, 0.25) is 0 Å². The number of rotatable bonds is 4. The highest BCUT2D eigenvalue weighted by molar-refractivity contribution is 9.10. The zero-order chi connectivity index (χ0) is 10.6. The lowest BCUT2D eigenvalue weighted by Crippen LogP contribution is -1.97. The van der Waals surface area contributed by atoms with E-state index in [1.54, 1.807) is 0 Å². The van der Waals surface area contributed by atoms with Gasteiger partial charge in [0.05, 0.1) is 6.61 Å². The van der Waals surface area contributed by atoms with Gasteiger partial charge in [-0.3, -0.25) is 0 Å². The lowest BCUT2D eigenvalue weighted by Gasteiger charge is -2.09. The molecule has 0 aromatic heterocycles. The molecular formula is C12H17BrO. The predicted molar refractivity (Wildman–Crippen MR) is 64.0 cm³/mol. The van der Waals surface area contributed by atoms with Crippen LogP contribution >= 0.6 is 15.9 Å². The van der Waals surface area contributed by atoms with Gasteiger partial charge in [0.2, 0.25) is 0 Å². The first-order valence-corrected chi connectivity index (χ1v) is 5.84. The predicted octanol–water partition coefficient (Wildman–Crippen LogP) is 4.24. The summed E-state index contributed by atoms with van der Waals surface area (Å²) in [6.45, 7) is 7.16. The molecule has 0 saturated heterocycles. The normalized spacial score (nSPS) is 10.3. The summed E-state index contributed by atoms with van der Waals surface area (Å²) in [7, 11) is 0. The summed E-state index contributed by atoms with van der Waals surface area (Å²) in [5.41, 5.74) is 2.47. The van der Waals surface area contributed by atoms with Crippen molar-refractivity contribution in [2.24, 2.45) is 0 Å². The third-order valence-corrected chi connectivity index (χ3v) is 3.43. The van der Waals surface area contributed by atoms with Gasteiger partial charge in [-0.1, -0.05) is 29.3 Å². The molecule has 0 amide bonds. The Labute approximate surface area is 94.6 Å². The molecule has 0 aliphatic heterocycles. The molecule has 0 radical (unpaired) electrons. The molecule has 0 aliphatic rings. The lowest BCUT2D eigenvalue weighted by atomic mass is 10.1. The van der Waals surface area contributed by atoms with E-state index in [0.29, 0.717) is 0 Å². The molecule has 14 heavy (non-hydrogen) atoms. The summed E-state index contributed by atoms with van der Waals surface area (Å²) >= 11 is 3.54. The number of hydrogen-bond donors (Lipinski definition) is 0. The van der Waals surface area contributed by atoms with Crippen molar-refractivity contribution in [2.45, 2.75) is 33.6 Å². The van der Waals surface area contributed by atoms with Gasteiger partial charge in [-0.15, -0.1) is 0 Å². The van der Waals surface area contributed by atoms with Crippen LogP contribution in [0.15, 0.2) is 16.6 Å². The molecule has 0 unspecified atom stereocenters. The number of unbranched alkanes of at least 4 members (excludes halogenated alkanes) is 1. The highest BCUT2D eigenvalue weighted by Crippen LogP contribution is 2.26. The summed E-state index contributed by atoms with van der Waals surface area (Å²) in [5, 5.41) is 0. The molecule has 0 heterocycles. The van der Waals surface area contributed by atoms with Crippen molar-refractivity contribution in [3.63, 3.8) is 0 Å². The molecule has 0 saturated carbocycles. The fourth-order valence-corrected chi connectivity index (χ4v) is 1.55. The molecule has 78 valence electrons. The van der Waals surface area contributed by atoms with Crippen LogP contribution < -0.4 is 4.74 Å². The van der Waals surface area contributed by atoms with Crippen LogP contribution in [0.4, 0.5) is 0 Å².